The zero-order valence-electron chi connectivity index (χ0n) is 11.9. The van der Waals surface area contributed by atoms with E-state index < -0.39 is 0 Å². The average Bonchev–Trinajstić information content (AvgIpc) is 2.88. The van der Waals surface area contributed by atoms with E-state index in [4.69, 9.17) is 0 Å². The number of hydrogen-bond donors (Lipinski definition) is 0. The van der Waals surface area contributed by atoms with Crippen LogP contribution in [0.4, 0.5) is 0 Å². The first kappa shape index (κ1) is 14.6. The van der Waals surface area contributed by atoms with Gasteiger partial charge in [0.05, 0.1) is 12.1 Å². The van der Waals surface area contributed by atoms with Crippen molar-refractivity contribution >= 4 is 21.7 Å². The first-order chi connectivity index (χ1) is 10.6. The van der Waals surface area contributed by atoms with Crippen LogP contribution >= 0.6 is 15.9 Å². The van der Waals surface area contributed by atoms with Gasteiger partial charge in [-0.05, 0) is 30.7 Å². The maximum Gasteiger partial charge on any atom is 0.216 e. The molecule has 0 aliphatic heterocycles. The standard InChI is InChI=1S/C16H13BrN4O/c1-11-5-15(16(22)13-7-18-10-19-8-13)20-21(11)9-12-3-2-4-14(17)6-12/h2-8,10H,9H2,1H3. The third-order valence-corrected chi connectivity index (χ3v) is 3.75. The van der Waals surface area contributed by atoms with Crippen molar-refractivity contribution in [1.82, 2.24) is 19.7 Å². The highest BCUT2D eigenvalue weighted by atomic mass is 79.9. The van der Waals surface area contributed by atoms with Crippen molar-refractivity contribution in [3.8, 4) is 0 Å². The van der Waals surface area contributed by atoms with Gasteiger partial charge in [-0.1, -0.05) is 28.1 Å². The molecule has 3 rings (SSSR count). The Bertz CT molecular complexity index is 814. The Hall–Kier alpha value is -2.34. The summed E-state index contributed by atoms with van der Waals surface area (Å²) in [5, 5.41) is 4.41. The van der Waals surface area contributed by atoms with Gasteiger partial charge in [-0.3, -0.25) is 9.48 Å². The number of benzene rings is 1. The van der Waals surface area contributed by atoms with Crippen molar-refractivity contribution in [2.24, 2.45) is 0 Å². The molecule has 0 saturated carbocycles. The molecule has 110 valence electrons. The molecule has 0 fully saturated rings. The summed E-state index contributed by atoms with van der Waals surface area (Å²) in [6.07, 6.45) is 4.39. The van der Waals surface area contributed by atoms with Crippen LogP contribution in [0.25, 0.3) is 0 Å². The Balaban J connectivity index is 1.86. The largest absolute Gasteiger partial charge is 0.287 e. The number of ketones is 1. The minimum Gasteiger partial charge on any atom is -0.287 e. The SMILES string of the molecule is Cc1cc(C(=O)c2cncnc2)nn1Cc1cccc(Br)c1. The lowest BCUT2D eigenvalue weighted by Crippen LogP contribution is -2.07. The number of hydrogen-bond acceptors (Lipinski definition) is 4. The second-order valence-electron chi connectivity index (χ2n) is 4.91. The topological polar surface area (TPSA) is 60.7 Å². The number of nitrogens with zero attached hydrogens (tertiary/aromatic N) is 4. The molecule has 0 aliphatic rings. The van der Waals surface area contributed by atoms with Crippen LogP contribution < -0.4 is 0 Å². The van der Waals surface area contributed by atoms with Gasteiger partial charge in [-0.15, -0.1) is 0 Å². The molecule has 0 N–H and O–H groups in total. The Labute approximate surface area is 136 Å². The summed E-state index contributed by atoms with van der Waals surface area (Å²) in [4.78, 5) is 20.1. The average molecular weight is 357 g/mol. The molecule has 2 aromatic heterocycles. The van der Waals surface area contributed by atoms with E-state index in [1.807, 2.05) is 35.9 Å². The van der Waals surface area contributed by atoms with Crippen molar-refractivity contribution < 1.29 is 4.79 Å². The molecule has 0 spiro atoms. The van der Waals surface area contributed by atoms with E-state index in [-0.39, 0.29) is 5.78 Å². The van der Waals surface area contributed by atoms with E-state index in [9.17, 15) is 4.79 Å². The highest BCUT2D eigenvalue weighted by molar-refractivity contribution is 9.10. The van der Waals surface area contributed by atoms with Gasteiger partial charge in [0.25, 0.3) is 0 Å². The third kappa shape index (κ3) is 3.12. The molecule has 0 amide bonds. The molecule has 0 aliphatic carbocycles. The molecule has 6 heteroatoms. The number of halogens is 1. The number of aryl methyl sites for hydroxylation is 1. The van der Waals surface area contributed by atoms with Crippen LogP contribution in [0.2, 0.25) is 0 Å². The van der Waals surface area contributed by atoms with Gasteiger partial charge >= 0.3 is 0 Å². The smallest absolute Gasteiger partial charge is 0.216 e. The fraction of sp³-hybridized carbons (Fsp3) is 0.125. The molecule has 1 aromatic carbocycles. The molecule has 0 saturated heterocycles. The van der Waals surface area contributed by atoms with Crippen molar-refractivity contribution in [2.75, 3.05) is 0 Å². The second-order valence-corrected chi connectivity index (χ2v) is 5.83. The Morgan fingerprint density at radius 3 is 2.73 bits per heavy atom. The number of rotatable bonds is 4. The highest BCUT2D eigenvalue weighted by Crippen LogP contribution is 2.15. The van der Waals surface area contributed by atoms with Gasteiger partial charge in [-0.25, -0.2) is 9.97 Å². The summed E-state index contributed by atoms with van der Waals surface area (Å²) in [5.74, 6) is -0.170. The quantitative estimate of drug-likeness (QED) is 0.674. The van der Waals surface area contributed by atoms with Crippen LogP contribution in [0.15, 0.2) is 53.5 Å². The van der Waals surface area contributed by atoms with Crippen molar-refractivity contribution in [3.63, 3.8) is 0 Å². The first-order valence-electron chi connectivity index (χ1n) is 6.72. The van der Waals surface area contributed by atoms with Gasteiger partial charge in [0.2, 0.25) is 5.78 Å². The van der Waals surface area contributed by atoms with Crippen LogP contribution in [-0.2, 0) is 6.54 Å². The number of carbonyl (C=O) groups is 1. The second kappa shape index (κ2) is 6.19. The van der Waals surface area contributed by atoms with E-state index in [0.717, 1.165) is 15.7 Å². The maximum absolute atomic E-state index is 12.4. The first-order valence-corrected chi connectivity index (χ1v) is 7.51. The van der Waals surface area contributed by atoms with Gasteiger partial charge in [0.1, 0.15) is 12.0 Å². The molecule has 5 nitrogen and oxygen atoms in total. The van der Waals surface area contributed by atoms with Gasteiger partial charge in [-0.2, -0.15) is 5.10 Å². The van der Waals surface area contributed by atoms with E-state index in [2.05, 4.69) is 31.0 Å². The fourth-order valence-corrected chi connectivity index (χ4v) is 2.60. The van der Waals surface area contributed by atoms with Crippen molar-refractivity contribution in [3.05, 3.63) is 76.0 Å². The highest BCUT2D eigenvalue weighted by Gasteiger charge is 2.15. The molecule has 0 atom stereocenters. The predicted octanol–water partition coefficient (Wildman–Crippen LogP) is 3.02. The van der Waals surface area contributed by atoms with E-state index in [0.29, 0.717) is 17.8 Å². The molecular weight excluding hydrogens is 344 g/mol. The van der Waals surface area contributed by atoms with Crippen molar-refractivity contribution in [2.45, 2.75) is 13.5 Å². The van der Waals surface area contributed by atoms with Crippen LogP contribution in [0, 0.1) is 6.92 Å². The van der Waals surface area contributed by atoms with E-state index in [1.54, 1.807) is 6.07 Å². The van der Waals surface area contributed by atoms with Crippen LogP contribution in [-0.4, -0.2) is 25.5 Å². The Morgan fingerprint density at radius 1 is 1.23 bits per heavy atom. The molecule has 3 aromatic rings. The zero-order valence-corrected chi connectivity index (χ0v) is 13.5. The predicted molar refractivity (Wildman–Crippen MR) is 85.7 cm³/mol. The Morgan fingerprint density at radius 2 is 2.00 bits per heavy atom. The lowest BCUT2D eigenvalue weighted by atomic mass is 10.1. The molecule has 0 radical (unpaired) electrons. The number of carbonyl (C=O) groups excluding carboxylic acids is 1. The summed E-state index contributed by atoms with van der Waals surface area (Å²) in [6.45, 7) is 2.55. The zero-order chi connectivity index (χ0) is 15.5. The summed E-state index contributed by atoms with van der Waals surface area (Å²) in [7, 11) is 0. The van der Waals surface area contributed by atoms with E-state index in [1.165, 1.54) is 18.7 Å². The lowest BCUT2D eigenvalue weighted by Gasteiger charge is -2.04. The van der Waals surface area contributed by atoms with Crippen LogP contribution in [0.5, 0.6) is 0 Å². The number of aromatic nitrogens is 4. The third-order valence-electron chi connectivity index (χ3n) is 3.26. The molecule has 0 unspecified atom stereocenters. The molecular formula is C16H13BrN4O. The van der Waals surface area contributed by atoms with Gasteiger partial charge < -0.3 is 0 Å². The van der Waals surface area contributed by atoms with Crippen LogP contribution in [0.1, 0.15) is 27.3 Å². The minimum absolute atomic E-state index is 0.170. The van der Waals surface area contributed by atoms with Gasteiger partial charge in [0, 0.05) is 22.6 Å². The van der Waals surface area contributed by atoms with Gasteiger partial charge in [0.15, 0.2) is 0 Å². The Kier molecular flexibility index (Phi) is 4.11. The lowest BCUT2D eigenvalue weighted by molar-refractivity contribution is 0.103. The molecule has 2 heterocycles. The maximum atomic E-state index is 12.4. The summed E-state index contributed by atoms with van der Waals surface area (Å²) in [6, 6.07) is 9.80. The summed E-state index contributed by atoms with van der Waals surface area (Å²) >= 11 is 3.46. The molecule has 22 heavy (non-hydrogen) atoms. The van der Waals surface area contributed by atoms with Crippen molar-refractivity contribution in [1.29, 1.82) is 0 Å². The summed E-state index contributed by atoms with van der Waals surface area (Å²) < 4.78 is 2.84. The normalized spacial score (nSPS) is 10.6. The molecule has 0 bridgehead atoms. The summed E-state index contributed by atoms with van der Waals surface area (Å²) in [5.41, 5.74) is 2.89. The monoisotopic (exact) mass is 356 g/mol. The fourth-order valence-electron chi connectivity index (χ4n) is 2.15. The minimum atomic E-state index is -0.170. The van der Waals surface area contributed by atoms with E-state index >= 15 is 0 Å². The van der Waals surface area contributed by atoms with Crippen LogP contribution in [0.3, 0.4) is 0 Å².